The van der Waals surface area contributed by atoms with E-state index in [0.717, 1.165) is 18.4 Å². The van der Waals surface area contributed by atoms with E-state index in [1.165, 1.54) is 24.0 Å². The van der Waals surface area contributed by atoms with Crippen molar-refractivity contribution in [1.82, 2.24) is 5.32 Å². The third kappa shape index (κ3) is 4.49. The summed E-state index contributed by atoms with van der Waals surface area (Å²) in [6, 6.07) is 8.61. The normalized spacial score (nSPS) is 15.0. The van der Waals surface area contributed by atoms with Gasteiger partial charge in [0.1, 0.15) is 4.70 Å². The van der Waals surface area contributed by atoms with Gasteiger partial charge in [-0.05, 0) is 18.9 Å². The number of benzene rings is 1. The first-order valence-electron chi connectivity index (χ1n) is 6.98. The van der Waals surface area contributed by atoms with E-state index in [2.05, 4.69) is 17.4 Å². The Morgan fingerprint density at radius 3 is 2.71 bits per heavy atom. The molecule has 1 aromatic carbocycles. The smallest absolute Gasteiger partial charge is 0.286 e. The van der Waals surface area contributed by atoms with Crippen LogP contribution in [0.2, 0.25) is 0 Å². The Labute approximate surface area is 139 Å². The summed E-state index contributed by atoms with van der Waals surface area (Å²) >= 11 is 1.68. The van der Waals surface area contributed by atoms with Gasteiger partial charge in [0.25, 0.3) is 5.91 Å². The highest BCUT2D eigenvalue weighted by Crippen LogP contribution is 2.17. The fourth-order valence-corrected chi connectivity index (χ4v) is 3.66. The van der Waals surface area contributed by atoms with Crippen molar-refractivity contribution in [2.24, 2.45) is 0 Å². The number of hydrogen-bond acceptors (Lipinski definition) is 2. The lowest BCUT2D eigenvalue weighted by atomic mass is 9.95. The molecule has 0 spiro atoms. The van der Waals surface area contributed by atoms with Crippen LogP contribution < -0.4 is 9.88 Å². The summed E-state index contributed by atoms with van der Waals surface area (Å²) in [5.74, 6) is 0.139. The van der Waals surface area contributed by atoms with Gasteiger partial charge in [0.2, 0.25) is 17.6 Å². The highest BCUT2D eigenvalue weighted by atomic mass is 79.9. The SMILES string of the molecule is Br.O.O=C(C[n+]1csc2ccccc21)NC1CCCCC1. The van der Waals surface area contributed by atoms with Crippen LogP contribution in [-0.4, -0.2) is 17.4 Å². The van der Waals surface area contributed by atoms with E-state index >= 15 is 0 Å². The fraction of sp³-hybridized carbons (Fsp3) is 0.467. The first kappa shape index (κ1) is 18.1. The van der Waals surface area contributed by atoms with Crippen LogP contribution in [0.3, 0.4) is 0 Å². The number of fused-ring (bicyclic) bond motifs is 1. The van der Waals surface area contributed by atoms with Crippen molar-refractivity contribution in [2.75, 3.05) is 0 Å². The Morgan fingerprint density at radius 2 is 1.95 bits per heavy atom. The molecule has 1 amide bonds. The lowest BCUT2D eigenvalue weighted by molar-refractivity contribution is -0.654. The maximum absolute atomic E-state index is 12.1. The third-order valence-electron chi connectivity index (χ3n) is 3.77. The third-order valence-corrected chi connectivity index (χ3v) is 4.72. The van der Waals surface area contributed by atoms with Crippen LogP contribution in [0.1, 0.15) is 32.1 Å². The van der Waals surface area contributed by atoms with Crippen molar-refractivity contribution >= 4 is 44.4 Å². The molecule has 1 aromatic heterocycles. The number of carbonyl (C=O) groups excluding carboxylic acids is 1. The summed E-state index contributed by atoms with van der Waals surface area (Å²) in [6.45, 7) is 0.431. The van der Waals surface area contributed by atoms with E-state index in [4.69, 9.17) is 0 Å². The van der Waals surface area contributed by atoms with Crippen LogP contribution in [-0.2, 0) is 11.3 Å². The molecule has 6 heteroatoms. The summed E-state index contributed by atoms with van der Waals surface area (Å²) in [5, 5.41) is 3.17. The number of carbonyl (C=O) groups is 1. The van der Waals surface area contributed by atoms with E-state index in [0.29, 0.717) is 12.6 Å². The van der Waals surface area contributed by atoms with Gasteiger partial charge in [-0.3, -0.25) is 4.79 Å². The predicted octanol–water partition coefficient (Wildman–Crippen LogP) is 2.39. The Hall–Kier alpha value is -0.980. The maximum Gasteiger partial charge on any atom is 0.286 e. The highest BCUT2D eigenvalue weighted by molar-refractivity contribution is 8.93. The van der Waals surface area contributed by atoms with Crippen molar-refractivity contribution in [1.29, 1.82) is 0 Å². The van der Waals surface area contributed by atoms with Crippen molar-refractivity contribution in [2.45, 2.75) is 44.7 Å². The molecule has 0 radical (unpaired) electrons. The Kier molecular flexibility index (Phi) is 7.28. The zero-order valence-electron chi connectivity index (χ0n) is 11.9. The van der Waals surface area contributed by atoms with E-state index in [-0.39, 0.29) is 28.4 Å². The van der Waals surface area contributed by atoms with Crippen LogP contribution in [0.25, 0.3) is 10.2 Å². The quantitative estimate of drug-likeness (QED) is 0.824. The number of amides is 1. The van der Waals surface area contributed by atoms with Gasteiger partial charge in [-0.25, -0.2) is 0 Å². The second-order valence-electron chi connectivity index (χ2n) is 5.22. The first-order valence-corrected chi connectivity index (χ1v) is 7.86. The largest absolute Gasteiger partial charge is 0.412 e. The maximum atomic E-state index is 12.1. The number of para-hydroxylation sites is 1. The molecule has 0 aliphatic heterocycles. The molecule has 1 aliphatic rings. The summed E-state index contributed by atoms with van der Waals surface area (Å²) in [4.78, 5) is 12.1. The number of nitrogens with one attached hydrogen (secondary N) is 1. The average molecular weight is 374 g/mol. The molecule has 1 saturated carbocycles. The minimum atomic E-state index is 0. The topological polar surface area (TPSA) is 64.5 Å². The molecule has 0 atom stereocenters. The molecule has 1 fully saturated rings. The van der Waals surface area contributed by atoms with E-state index in [9.17, 15) is 4.79 Å². The molecule has 3 N–H and O–H groups in total. The standard InChI is InChI=1S/C15H18N2OS.BrH.H2O/c18-15(16-12-6-2-1-3-7-12)10-17-11-19-14-9-5-4-8-13(14)17;;/h4-5,8-9,11-12H,1-3,6-7,10H2;1H;1H2/p+1. The van der Waals surface area contributed by atoms with Gasteiger partial charge in [0.15, 0.2) is 0 Å². The molecular formula is C15H22BrN2O2S+. The number of hydrogen-bond donors (Lipinski definition) is 1. The average Bonchev–Trinajstić information content (AvgIpc) is 2.83. The number of nitrogens with zero attached hydrogens (tertiary/aromatic N) is 1. The predicted molar refractivity (Wildman–Crippen MR) is 91.0 cm³/mol. The van der Waals surface area contributed by atoms with Gasteiger partial charge < -0.3 is 10.8 Å². The zero-order valence-corrected chi connectivity index (χ0v) is 14.4. The minimum Gasteiger partial charge on any atom is -0.412 e. The summed E-state index contributed by atoms with van der Waals surface area (Å²) in [7, 11) is 0. The van der Waals surface area contributed by atoms with Gasteiger partial charge in [0.05, 0.1) is 0 Å². The minimum absolute atomic E-state index is 0. The monoisotopic (exact) mass is 373 g/mol. The summed E-state index contributed by atoms with van der Waals surface area (Å²) in [5.41, 5.74) is 3.18. The highest BCUT2D eigenvalue weighted by Gasteiger charge is 2.19. The second kappa shape index (κ2) is 8.46. The number of thiazole rings is 1. The number of rotatable bonds is 3. The lowest BCUT2D eigenvalue weighted by Gasteiger charge is -2.21. The molecule has 116 valence electrons. The molecule has 0 unspecified atom stereocenters. The van der Waals surface area contributed by atoms with Crippen molar-refractivity contribution in [3.8, 4) is 0 Å². The molecule has 0 bridgehead atoms. The Bertz CT molecular complexity index is 582. The van der Waals surface area contributed by atoms with Crippen molar-refractivity contribution < 1.29 is 14.8 Å². The molecular weight excluding hydrogens is 352 g/mol. The van der Waals surface area contributed by atoms with Crippen LogP contribution in [0.15, 0.2) is 29.8 Å². The van der Waals surface area contributed by atoms with E-state index in [1.807, 2.05) is 22.2 Å². The van der Waals surface area contributed by atoms with Gasteiger partial charge in [0, 0.05) is 12.1 Å². The van der Waals surface area contributed by atoms with Gasteiger partial charge in [-0.2, -0.15) is 4.57 Å². The number of aromatic nitrogens is 1. The number of halogens is 1. The molecule has 0 saturated heterocycles. The molecule has 1 heterocycles. The van der Waals surface area contributed by atoms with Crippen LogP contribution in [0.5, 0.6) is 0 Å². The van der Waals surface area contributed by atoms with E-state index < -0.39 is 0 Å². The second-order valence-corrected chi connectivity index (χ2v) is 6.11. The van der Waals surface area contributed by atoms with Gasteiger partial charge >= 0.3 is 0 Å². The summed E-state index contributed by atoms with van der Waals surface area (Å²) in [6.07, 6.45) is 6.09. The van der Waals surface area contributed by atoms with Crippen molar-refractivity contribution in [3.63, 3.8) is 0 Å². The molecule has 2 aromatic rings. The Morgan fingerprint density at radius 1 is 1.24 bits per heavy atom. The molecule has 1 aliphatic carbocycles. The first-order chi connectivity index (χ1) is 9.33. The molecule has 3 rings (SSSR count). The fourth-order valence-electron chi connectivity index (χ4n) is 2.77. The van der Waals surface area contributed by atoms with Gasteiger partial charge in [-0.1, -0.05) is 42.7 Å². The van der Waals surface area contributed by atoms with Crippen LogP contribution in [0.4, 0.5) is 0 Å². The molecule has 21 heavy (non-hydrogen) atoms. The molecule has 4 nitrogen and oxygen atoms in total. The zero-order chi connectivity index (χ0) is 13.1. The van der Waals surface area contributed by atoms with Crippen LogP contribution in [0, 0.1) is 0 Å². The Balaban J connectivity index is 0.00000110. The van der Waals surface area contributed by atoms with Gasteiger partial charge in [-0.15, -0.1) is 17.0 Å². The van der Waals surface area contributed by atoms with Crippen molar-refractivity contribution in [3.05, 3.63) is 29.8 Å². The summed E-state index contributed by atoms with van der Waals surface area (Å²) < 4.78 is 3.27. The van der Waals surface area contributed by atoms with Crippen LogP contribution >= 0.6 is 28.3 Å². The lowest BCUT2D eigenvalue weighted by Crippen LogP contribution is -2.45. The van der Waals surface area contributed by atoms with E-state index in [1.54, 1.807) is 11.3 Å².